The number of hydrogen-bond donors (Lipinski definition) is 0. The van der Waals surface area contributed by atoms with Gasteiger partial charge in [0.1, 0.15) is 6.67 Å². The van der Waals surface area contributed by atoms with Crippen molar-refractivity contribution in [2.24, 2.45) is 0 Å². The minimum absolute atomic E-state index is 0.0914. The molecule has 0 fully saturated rings. The van der Waals surface area contributed by atoms with Crippen LogP contribution in [0.25, 0.3) is 0 Å². The van der Waals surface area contributed by atoms with Crippen molar-refractivity contribution < 1.29 is 17.6 Å². The van der Waals surface area contributed by atoms with Crippen LogP contribution >= 0.6 is 15.9 Å². The molecule has 0 radical (unpaired) electrons. The molecular weight excluding hydrogens is 302 g/mol. The number of nitrogens with zero attached hydrogens (tertiary/aromatic N) is 1. The average Bonchev–Trinajstić information content (AvgIpc) is 2.24. The fourth-order valence-electron chi connectivity index (χ4n) is 1.52. The van der Waals surface area contributed by atoms with Crippen LogP contribution in [0.1, 0.15) is 32.1 Å². The first-order valence-electron chi connectivity index (χ1n) is 5.90. The molecule has 0 saturated heterocycles. The van der Waals surface area contributed by atoms with Crippen molar-refractivity contribution in [1.29, 1.82) is 0 Å². The molecule has 0 aromatic carbocycles. The van der Waals surface area contributed by atoms with Gasteiger partial charge >= 0.3 is 6.18 Å². The van der Waals surface area contributed by atoms with Gasteiger partial charge < -0.3 is 4.90 Å². The van der Waals surface area contributed by atoms with Crippen LogP contribution in [0, 0.1) is 0 Å². The zero-order valence-corrected chi connectivity index (χ0v) is 11.5. The van der Waals surface area contributed by atoms with Crippen LogP contribution in [0.4, 0.5) is 17.6 Å². The Kier molecular flexibility index (Phi) is 10.2. The lowest BCUT2D eigenvalue weighted by molar-refractivity contribution is -0.138. The van der Waals surface area contributed by atoms with Gasteiger partial charge in [-0.2, -0.15) is 13.2 Å². The van der Waals surface area contributed by atoms with Crippen molar-refractivity contribution in [3.63, 3.8) is 0 Å². The van der Waals surface area contributed by atoms with E-state index in [-0.39, 0.29) is 13.1 Å². The fraction of sp³-hybridized carbons (Fsp3) is 1.00. The second-order valence-electron chi connectivity index (χ2n) is 4.00. The number of unbranched alkanes of at least 4 members (excludes halogenated alkanes) is 3. The maximum Gasteiger partial charge on any atom is 0.390 e. The Hall–Kier alpha value is 0.160. The van der Waals surface area contributed by atoms with E-state index in [4.69, 9.17) is 0 Å². The standard InChI is InChI=1S/C11H20BrF4N/c12-6-3-1-2-4-8-17(10-7-13)9-5-11(14,15)16/h1-10H2. The second kappa shape index (κ2) is 10.1. The Labute approximate surface area is 109 Å². The first-order valence-corrected chi connectivity index (χ1v) is 7.03. The van der Waals surface area contributed by atoms with Gasteiger partial charge in [0.25, 0.3) is 0 Å². The third-order valence-electron chi connectivity index (χ3n) is 2.47. The first kappa shape index (κ1) is 17.2. The zero-order valence-electron chi connectivity index (χ0n) is 9.91. The number of hydrogen-bond acceptors (Lipinski definition) is 1. The highest BCUT2D eigenvalue weighted by atomic mass is 79.9. The maximum absolute atomic E-state index is 12.2. The minimum atomic E-state index is -4.15. The minimum Gasteiger partial charge on any atom is -0.300 e. The molecule has 6 heteroatoms. The molecule has 0 atom stereocenters. The zero-order chi connectivity index (χ0) is 13.1. The maximum atomic E-state index is 12.2. The Morgan fingerprint density at radius 2 is 1.53 bits per heavy atom. The number of halogens is 5. The van der Waals surface area contributed by atoms with E-state index in [1.54, 1.807) is 4.90 Å². The lowest BCUT2D eigenvalue weighted by Gasteiger charge is -2.21. The molecule has 0 saturated carbocycles. The van der Waals surface area contributed by atoms with Crippen LogP contribution in [0.2, 0.25) is 0 Å². The fourth-order valence-corrected chi connectivity index (χ4v) is 1.92. The average molecular weight is 322 g/mol. The monoisotopic (exact) mass is 321 g/mol. The topological polar surface area (TPSA) is 3.24 Å². The summed E-state index contributed by atoms with van der Waals surface area (Å²) in [6, 6.07) is 0. The Morgan fingerprint density at radius 1 is 0.882 bits per heavy atom. The van der Waals surface area contributed by atoms with Crippen LogP contribution in [0.3, 0.4) is 0 Å². The molecule has 0 unspecified atom stereocenters. The molecule has 0 aromatic rings. The summed E-state index contributed by atoms with van der Waals surface area (Å²) in [6.07, 6.45) is -1.04. The molecule has 0 aliphatic heterocycles. The molecule has 0 spiro atoms. The van der Waals surface area contributed by atoms with Crippen molar-refractivity contribution in [2.75, 3.05) is 31.6 Å². The van der Waals surface area contributed by atoms with Gasteiger partial charge in [0.2, 0.25) is 0 Å². The van der Waals surface area contributed by atoms with Gasteiger partial charge in [-0.15, -0.1) is 0 Å². The van der Waals surface area contributed by atoms with Crippen molar-refractivity contribution in [3.8, 4) is 0 Å². The van der Waals surface area contributed by atoms with Gasteiger partial charge in [-0.1, -0.05) is 28.8 Å². The molecule has 0 aromatic heterocycles. The van der Waals surface area contributed by atoms with Crippen LogP contribution in [-0.2, 0) is 0 Å². The lowest BCUT2D eigenvalue weighted by Crippen LogP contribution is -2.31. The van der Waals surface area contributed by atoms with E-state index in [0.29, 0.717) is 6.54 Å². The van der Waals surface area contributed by atoms with Crippen LogP contribution in [-0.4, -0.2) is 42.7 Å². The molecule has 0 rings (SSSR count). The summed E-state index contributed by atoms with van der Waals surface area (Å²) >= 11 is 3.32. The highest BCUT2D eigenvalue weighted by Crippen LogP contribution is 2.19. The molecule has 0 aliphatic rings. The van der Waals surface area contributed by atoms with Gasteiger partial charge in [-0.05, 0) is 19.4 Å². The predicted octanol–water partition coefficient (Wildman–Crippen LogP) is 4.17. The van der Waals surface area contributed by atoms with E-state index in [9.17, 15) is 17.6 Å². The summed E-state index contributed by atoms with van der Waals surface area (Å²) in [5, 5.41) is 0.954. The van der Waals surface area contributed by atoms with Gasteiger partial charge in [0, 0.05) is 18.4 Å². The summed E-state index contributed by atoms with van der Waals surface area (Å²) < 4.78 is 48.2. The third kappa shape index (κ3) is 12.4. The third-order valence-corrected chi connectivity index (χ3v) is 3.03. The summed E-state index contributed by atoms with van der Waals surface area (Å²) in [5.74, 6) is 0. The number of rotatable bonds is 10. The van der Waals surface area contributed by atoms with Gasteiger partial charge in [0.15, 0.2) is 0 Å². The summed E-state index contributed by atoms with van der Waals surface area (Å²) in [4.78, 5) is 1.56. The van der Waals surface area contributed by atoms with E-state index in [1.807, 2.05) is 0 Å². The van der Waals surface area contributed by atoms with Crippen molar-refractivity contribution in [2.45, 2.75) is 38.3 Å². The molecular formula is C11H20BrF4N. The molecule has 0 bridgehead atoms. The van der Waals surface area contributed by atoms with Crippen molar-refractivity contribution in [1.82, 2.24) is 4.90 Å². The van der Waals surface area contributed by atoms with Gasteiger partial charge in [-0.3, -0.25) is 0 Å². The summed E-state index contributed by atoms with van der Waals surface area (Å²) in [6.45, 7) is -0.0120. The summed E-state index contributed by atoms with van der Waals surface area (Å²) in [5.41, 5.74) is 0. The predicted molar refractivity (Wildman–Crippen MR) is 65.3 cm³/mol. The molecule has 17 heavy (non-hydrogen) atoms. The normalized spacial score (nSPS) is 12.4. The largest absolute Gasteiger partial charge is 0.390 e. The van der Waals surface area contributed by atoms with Gasteiger partial charge in [-0.25, -0.2) is 4.39 Å². The van der Waals surface area contributed by atoms with E-state index in [0.717, 1.165) is 31.0 Å². The van der Waals surface area contributed by atoms with E-state index >= 15 is 0 Å². The molecule has 1 nitrogen and oxygen atoms in total. The lowest BCUT2D eigenvalue weighted by atomic mass is 10.2. The van der Waals surface area contributed by atoms with Crippen LogP contribution in [0.5, 0.6) is 0 Å². The van der Waals surface area contributed by atoms with Crippen LogP contribution in [0.15, 0.2) is 0 Å². The van der Waals surface area contributed by atoms with E-state index < -0.39 is 19.3 Å². The molecule has 0 aliphatic carbocycles. The summed E-state index contributed by atoms with van der Waals surface area (Å²) in [7, 11) is 0. The number of alkyl halides is 5. The Morgan fingerprint density at radius 3 is 2.06 bits per heavy atom. The molecule has 0 amide bonds. The van der Waals surface area contributed by atoms with Gasteiger partial charge in [0.05, 0.1) is 6.42 Å². The molecule has 0 heterocycles. The SMILES string of the molecule is FCCN(CCCCCCBr)CCC(F)(F)F. The van der Waals surface area contributed by atoms with Crippen LogP contribution < -0.4 is 0 Å². The Bertz CT molecular complexity index is 175. The molecule has 104 valence electrons. The second-order valence-corrected chi connectivity index (χ2v) is 4.79. The quantitative estimate of drug-likeness (QED) is 0.332. The first-order chi connectivity index (χ1) is 7.99. The van der Waals surface area contributed by atoms with Crippen molar-refractivity contribution >= 4 is 15.9 Å². The van der Waals surface area contributed by atoms with E-state index in [2.05, 4.69) is 15.9 Å². The van der Waals surface area contributed by atoms with E-state index in [1.165, 1.54) is 0 Å². The highest BCUT2D eigenvalue weighted by molar-refractivity contribution is 9.09. The Balaban J connectivity index is 3.67. The van der Waals surface area contributed by atoms with Crippen molar-refractivity contribution in [3.05, 3.63) is 0 Å². The molecule has 0 N–H and O–H groups in total. The smallest absolute Gasteiger partial charge is 0.300 e. The highest BCUT2D eigenvalue weighted by Gasteiger charge is 2.27.